The number of aryl methyl sites for hydroxylation is 1. The van der Waals surface area contributed by atoms with Gasteiger partial charge in [0.2, 0.25) is 0 Å². The number of piperidine rings is 1. The van der Waals surface area contributed by atoms with E-state index in [1.165, 1.54) is 0 Å². The summed E-state index contributed by atoms with van der Waals surface area (Å²) < 4.78 is 5.43. The molecule has 0 aliphatic carbocycles. The van der Waals surface area contributed by atoms with Crippen molar-refractivity contribution in [2.24, 2.45) is 0 Å². The fourth-order valence-corrected chi connectivity index (χ4v) is 2.50. The number of carboxylic acid groups (broad SMARTS) is 1. The molecular formula is C15H20N2O3. The SMILES string of the molecule is COC1CCCN(c2ncc(/C=C/C(=O)O)cc2C)C1. The fourth-order valence-electron chi connectivity index (χ4n) is 2.50. The van der Waals surface area contributed by atoms with Crippen LogP contribution in [0.2, 0.25) is 0 Å². The van der Waals surface area contributed by atoms with Crippen LogP contribution in [0.15, 0.2) is 18.3 Å². The molecular weight excluding hydrogens is 256 g/mol. The quantitative estimate of drug-likeness (QED) is 0.853. The number of hydrogen-bond acceptors (Lipinski definition) is 4. The number of aromatic nitrogens is 1. The summed E-state index contributed by atoms with van der Waals surface area (Å²) in [6.45, 7) is 3.84. The van der Waals surface area contributed by atoms with Crippen molar-refractivity contribution in [3.8, 4) is 0 Å². The number of carbonyl (C=O) groups is 1. The van der Waals surface area contributed by atoms with Gasteiger partial charge in [-0.25, -0.2) is 9.78 Å². The summed E-state index contributed by atoms with van der Waals surface area (Å²) in [7, 11) is 1.74. The first-order chi connectivity index (χ1) is 9.60. The van der Waals surface area contributed by atoms with Crippen molar-refractivity contribution in [2.75, 3.05) is 25.1 Å². The smallest absolute Gasteiger partial charge is 0.328 e. The Balaban J connectivity index is 2.15. The van der Waals surface area contributed by atoms with Crippen LogP contribution in [-0.2, 0) is 9.53 Å². The summed E-state index contributed by atoms with van der Waals surface area (Å²) in [4.78, 5) is 17.2. The molecule has 1 fully saturated rings. The molecule has 0 amide bonds. The first kappa shape index (κ1) is 14.5. The van der Waals surface area contributed by atoms with Crippen LogP contribution < -0.4 is 4.90 Å². The average molecular weight is 276 g/mol. The lowest BCUT2D eigenvalue weighted by atomic mass is 10.1. The van der Waals surface area contributed by atoms with Gasteiger partial charge in [0.1, 0.15) is 5.82 Å². The highest BCUT2D eigenvalue weighted by Crippen LogP contribution is 2.23. The third kappa shape index (κ3) is 3.57. The van der Waals surface area contributed by atoms with Crippen molar-refractivity contribution in [1.29, 1.82) is 0 Å². The predicted molar refractivity (Wildman–Crippen MR) is 77.9 cm³/mol. The summed E-state index contributed by atoms with van der Waals surface area (Å²) in [6.07, 6.45) is 6.83. The minimum absolute atomic E-state index is 0.261. The van der Waals surface area contributed by atoms with E-state index >= 15 is 0 Å². The molecule has 1 aromatic heterocycles. The Morgan fingerprint density at radius 1 is 1.60 bits per heavy atom. The minimum atomic E-state index is -0.953. The van der Waals surface area contributed by atoms with Gasteiger partial charge >= 0.3 is 5.97 Å². The van der Waals surface area contributed by atoms with Crippen molar-refractivity contribution < 1.29 is 14.6 Å². The molecule has 108 valence electrons. The average Bonchev–Trinajstić information content (AvgIpc) is 2.45. The summed E-state index contributed by atoms with van der Waals surface area (Å²) in [5.74, 6) is 0.00456. The zero-order valence-corrected chi connectivity index (χ0v) is 11.9. The molecule has 1 aliphatic rings. The van der Waals surface area contributed by atoms with E-state index in [0.29, 0.717) is 0 Å². The number of methoxy groups -OCH3 is 1. The molecule has 0 saturated carbocycles. The van der Waals surface area contributed by atoms with E-state index in [2.05, 4.69) is 9.88 Å². The lowest BCUT2D eigenvalue weighted by molar-refractivity contribution is -0.131. The molecule has 1 unspecified atom stereocenters. The molecule has 0 bridgehead atoms. The van der Waals surface area contributed by atoms with Crippen LogP contribution in [0.3, 0.4) is 0 Å². The maximum Gasteiger partial charge on any atom is 0.328 e. The number of hydrogen-bond donors (Lipinski definition) is 1. The summed E-state index contributed by atoms with van der Waals surface area (Å²) in [6, 6.07) is 1.96. The van der Waals surface area contributed by atoms with E-state index in [-0.39, 0.29) is 6.10 Å². The number of carboxylic acids is 1. The molecule has 2 rings (SSSR count). The van der Waals surface area contributed by atoms with Gasteiger partial charge in [-0.3, -0.25) is 0 Å². The van der Waals surface area contributed by atoms with E-state index in [9.17, 15) is 4.79 Å². The first-order valence-electron chi connectivity index (χ1n) is 6.75. The third-order valence-corrected chi connectivity index (χ3v) is 3.50. The molecule has 1 atom stereocenters. The number of pyridine rings is 1. The summed E-state index contributed by atoms with van der Waals surface area (Å²) >= 11 is 0. The van der Waals surface area contributed by atoms with E-state index in [1.54, 1.807) is 19.4 Å². The van der Waals surface area contributed by atoms with Crippen LogP contribution in [0.25, 0.3) is 6.08 Å². The van der Waals surface area contributed by atoms with E-state index in [0.717, 1.165) is 49.0 Å². The topological polar surface area (TPSA) is 62.7 Å². The predicted octanol–water partition coefficient (Wildman–Crippen LogP) is 2.10. The first-order valence-corrected chi connectivity index (χ1v) is 6.75. The second-order valence-electron chi connectivity index (χ2n) is 5.03. The zero-order valence-electron chi connectivity index (χ0n) is 11.9. The minimum Gasteiger partial charge on any atom is -0.478 e. The van der Waals surface area contributed by atoms with E-state index < -0.39 is 5.97 Å². The standard InChI is InChI=1S/C15H20N2O3/c1-11-8-12(5-6-14(18)19)9-16-15(11)17-7-3-4-13(10-17)20-2/h5-6,8-9,13H,3-4,7,10H2,1-2H3,(H,18,19)/b6-5+. The number of nitrogens with zero attached hydrogens (tertiary/aromatic N) is 2. The van der Waals surface area contributed by atoms with Crippen LogP contribution in [-0.4, -0.2) is 42.4 Å². The maximum absolute atomic E-state index is 10.5. The van der Waals surface area contributed by atoms with Gasteiger partial charge in [-0.1, -0.05) is 0 Å². The Kier molecular flexibility index (Phi) is 4.74. The van der Waals surface area contributed by atoms with Crippen LogP contribution in [0.4, 0.5) is 5.82 Å². The van der Waals surface area contributed by atoms with Crippen LogP contribution in [0.5, 0.6) is 0 Å². The second kappa shape index (κ2) is 6.52. The molecule has 1 aromatic rings. The molecule has 5 heteroatoms. The molecule has 1 aliphatic heterocycles. The molecule has 2 heterocycles. The Hall–Kier alpha value is -1.88. The molecule has 0 aromatic carbocycles. The molecule has 20 heavy (non-hydrogen) atoms. The number of anilines is 1. The third-order valence-electron chi connectivity index (χ3n) is 3.50. The number of aliphatic carboxylic acids is 1. The normalized spacial score (nSPS) is 19.5. The maximum atomic E-state index is 10.5. The molecule has 1 saturated heterocycles. The highest BCUT2D eigenvalue weighted by Gasteiger charge is 2.21. The molecule has 0 spiro atoms. The number of rotatable bonds is 4. The lowest BCUT2D eigenvalue weighted by Gasteiger charge is -2.33. The van der Waals surface area contributed by atoms with Crippen molar-refractivity contribution in [2.45, 2.75) is 25.9 Å². The zero-order chi connectivity index (χ0) is 14.5. The van der Waals surface area contributed by atoms with Crippen LogP contribution >= 0.6 is 0 Å². The fraction of sp³-hybridized carbons (Fsp3) is 0.467. The van der Waals surface area contributed by atoms with Gasteiger partial charge in [0.05, 0.1) is 6.10 Å². The second-order valence-corrected chi connectivity index (χ2v) is 5.03. The monoisotopic (exact) mass is 276 g/mol. The van der Waals surface area contributed by atoms with Crippen LogP contribution in [0, 0.1) is 6.92 Å². The molecule has 1 N–H and O–H groups in total. The van der Waals surface area contributed by atoms with Crippen molar-refractivity contribution in [3.05, 3.63) is 29.5 Å². The largest absolute Gasteiger partial charge is 0.478 e. The van der Waals surface area contributed by atoms with Gasteiger partial charge in [0.25, 0.3) is 0 Å². The van der Waals surface area contributed by atoms with Gasteiger partial charge in [-0.15, -0.1) is 0 Å². The van der Waals surface area contributed by atoms with Crippen LogP contribution in [0.1, 0.15) is 24.0 Å². The number of ether oxygens (including phenoxy) is 1. The Labute approximate surface area is 118 Å². The summed E-state index contributed by atoms with van der Waals surface area (Å²) in [5.41, 5.74) is 1.85. The van der Waals surface area contributed by atoms with E-state index in [4.69, 9.17) is 9.84 Å². The molecule has 5 nitrogen and oxygen atoms in total. The van der Waals surface area contributed by atoms with Crippen molar-refractivity contribution >= 4 is 17.9 Å². The Morgan fingerprint density at radius 3 is 3.05 bits per heavy atom. The van der Waals surface area contributed by atoms with Gasteiger partial charge in [-0.05, 0) is 43.0 Å². The summed E-state index contributed by atoms with van der Waals surface area (Å²) in [5, 5.41) is 8.63. The Bertz CT molecular complexity index is 514. The van der Waals surface area contributed by atoms with Crippen molar-refractivity contribution in [1.82, 2.24) is 4.98 Å². The van der Waals surface area contributed by atoms with Gasteiger partial charge < -0.3 is 14.7 Å². The lowest BCUT2D eigenvalue weighted by Crippen LogP contribution is -2.40. The van der Waals surface area contributed by atoms with Crippen molar-refractivity contribution in [3.63, 3.8) is 0 Å². The van der Waals surface area contributed by atoms with Gasteiger partial charge in [0.15, 0.2) is 0 Å². The molecule has 0 radical (unpaired) electrons. The highest BCUT2D eigenvalue weighted by molar-refractivity contribution is 5.85. The van der Waals surface area contributed by atoms with E-state index in [1.807, 2.05) is 13.0 Å². The highest BCUT2D eigenvalue weighted by atomic mass is 16.5. The van der Waals surface area contributed by atoms with Gasteiger partial charge in [-0.2, -0.15) is 0 Å². The van der Waals surface area contributed by atoms with Gasteiger partial charge in [0, 0.05) is 32.5 Å². The Morgan fingerprint density at radius 2 is 2.40 bits per heavy atom.